The van der Waals surface area contributed by atoms with Gasteiger partial charge in [0.25, 0.3) is 0 Å². The average Bonchev–Trinajstić information content (AvgIpc) is 2.07. The summed E-state index contributed by atoms with van der Waals surface area (Å²) < 4.78 is 0. The van der Waals surface area contributed by atoms with Crippen molar-refractivity contribution in [3.63, 3.8) is 0 Å². The molecule has 0 heterocycles. The lowest BCUT2D eigenvalue weighted by molar-refractivity contribution is 0.133. The molecule has 0 heteroatoms. The number of hydrogen-bond acceptors (Lipinski definition) is 0. The molecular formula is C13H24. The van der Waals surface area contributed by atoms with Gasteiger partial charge in [-0.25, -0.2) is 0 Å². The van der Waals surface area contributed by atoms with Crippen molar-refractivity contribution in [3.05, 3.63) is 11.6 Å². The predicted octanol–water partition coefficient (Wildman–Crippen LogP) is 4.56. The molecule has 76 valence electrons. The van der Waals surface area contributed by atoms with Gasteiger partial charge in [0.1, 0.15) is 0 Å². The molecule has 0 aromatic carbocycles. The molecule has 2 atom stereocenters. The SMILES string of the molecule is CC(C)=CCC1(C)CCCCC1C. The maximum absolute atomic E-state index is 2.47. The lowest BCUT2D eigenvalue weighted by atomic mass is 9.66. The first-order valence-corrected chi connectivity index (χ1v) is 5.68. The minimum absolute atomic E-state index is 0.593. The fourth-order valence-corrected chi connectivity index (χ4v) is 2.31. The Morgan fingerprint density at radius 2 is 2.08 bits per heavy atom. The van der Waals surface area contributed by atoms with E-state index in [4.69, 9.17) is 0 Å². The number of hydrogen-bond donors (Lipinski definition) is 0. The quantitative estimate of drug-likeness (QED) is 0.546. The van der Waals surface area contributed by atoms with Crippen LogP contribution in [0.1, 0.15) is 59.8 Å². The summed E-state index contributed by atoms with van der Waals surface area (Å²) in [5.74, 6) is 0.914. The van der Waals surface area contributed by atoms with Crippen molar-refractivity contribution in [2.75, 3.05) is 0 Å². The van der Waals surface area contributed by atoms with E-state index in [1.807, 2.05) is 0 Å². The second-order valence-electron chi connectivity index (χ2n) is 5.29. The van der Waals surface area contributed by atoms with E-state index in [2.05, 4.69) is 33.8 Å². The maximum atomic E-state index is 2.47. The number of rotatable bonds is 2. The fourth-order valence-electron chi connectivity index (χ4n) is 2.31. The maximum Gasteiger partial charge on any atom is -0.0266 e. The predicted molar refractivity (Wildman–Crippen MR) is 59.8 cm³/mol. The third-order valence-corrected chi connectivity index (χ3v) is 3.80. The van der Waals surface area contributed by atoms with Gasteiger partial charge >= 0.3 is 0 Å². The molecule has 0 aliphatic heterocycles. The topological polar surface area (TPSA) is 0 Å². The van der Waals surface area contributed by atoms with Crippen molar-refractivity contribution in [2.24, 2.45) is 11.3 Å². The molecule has 0 saturated heterocycles. The number of allylic oxidation sites excluding steroid dienone is 2. The second-order valence-corrected chi connectivity index (χ2v) is 5.29. The molecule has 2 unspecified atom stereocenters. The van der Waals surface area contributed by atoms with Gasteiger partial charge in [0, 0.05) is 0 Å². The van der Waals surface area contributed by atoms with E-state index in [0.717, 1.165) is 5.92 Å². The van der Waals surface area contributed by atoms with Crippen molar-refractivity contribution < 1.29 is 0 Å². The van der Waals surface area contributed by atoms with Crippen LogP contribution in [0, 0.1) is 11.3 Å². The van der Waals surface area contributed by atoms with Gasteiger partial charge in [-0.2, -0.15) is 0 Å². The third kappa shape index (κ3) is 2.86. The van der Waals surface area contributed by atoms with Crippen molar-refractivity contribution >= 4 is 0 Å². The summed E-state index contributed by atoms with van der Waals surface area (Å²) in [7, 11) is 0. The van der Waals surface area contributed by atoms with Gasteiger partial charge in [-0.3, -0.25) is 0 Å². The van der Waals surface area contributed by atoms with Gasteiger partial charge < -0.3 is 0 Å². The van der Waals surface area contributed by atoms with Gasteiger partial charge in [0.15, 0.2) is 0 Å². The van der Waals surface area contributed by atoms with E-state index in [1.165, 1.54) is 37.7 Å². The summed E-state index contributed by atoms with van der Waals surface area (Å²) in [5.41, 5.74) is 2.06. The first-order valence-electron chi connectivity index (χ1n) is 5.68. The molecule has 0 bridgehead atoms. The van der Waals surface area contributed by atoms with Crippen LogP contribution < -0.4 is 0 Å². The normalized spacial score (nSPS) is 34.3. The monoisotopic (exact) mass is 180 g/mol. The molecule has 1 aliphatic carbocycles. The van der Waals surface area contributed by atoms with Crippen molar-refractivity contribution in [2.45, 2.75) is 59.8 Å². The van der Waals surface area contributed by atoms with E-state index < -0.39 is 0 Å². The van der Waals surface area contributed by atoms with Crippen LogP contribution in [0.25, 0.3) is 0 Å². The van der Waals surface area contributed by atoms with E-state index in [0.29, 0.717) is 5.41 Å². The van der Waals surface area contributed by atoms with Crippen LogP contribution in [0.2, 0.25) is 0 Å². The lowest BCUT2D eigenvalue weighted by Crippen LogP contribution is -2.28. The van der Waals surface area contributed by atoms with Crippen molar-refractivity contribution in [1.29, 1.82) is 0 Å². The Balaban J connectivity index is 2.56. The van der Waals surface area contributed by atoms with Crippen LogP contribution in [0.5, 0.6) is 0 Å². The van der Waals surface area contributed by atoms with Gasteiger partial charge in [-0.05, 0) is 38.0 Å². The van der Waals surface area contributed by atoms with Crippen molar-refractivity contribution in [3.8, 4) is 0 Å². The summed E-state index contributed by atoms with van der Waals surface area (Å²) in [5, 5.41) is 0. The van der Waals surface area contributed by atoms with Crippen LogP contribution >= 0.6 is 0 Å². The third-order valence-electron chi connectivity index (χ3n) is 3.80. The smallest absolute Gasteiger partial charge is 0.0266 e. The summed E-state index contributed by atoms with van der Waals surface area (Å²) in [6, 6.07) is 0. The first-order chi connectivity index (χ1) is 6.04. The molecule has 0 aromatic heterocycles. The van der Waals surface area contributed by atoms with Crippen LogP contribution in [0.4, 0.5) is 0 Å². The summed E-state index contributed by atoms with van der Waals surface area (Å²) >= 11 is 0. The average molecular weight is 180 g/mol. The highest BCUT2D eigenvalue weighted by Crippen LogP contribution is 2.43. The van der Waals surface area contributed by atoms with E-state index in [1.54, 1.807) is 0 Å². The van der Waals surface area contributed by atoms with Gasteiger partial charge in [0.05, 0.1) is 0 Å². The van der Waals surface area contributed by atoms with Crippen LogP contribution in [-0.4, -0.2) is 0 Å². The fraction of sp³-hybridized carbons (Fsp3) is 0.846. The zero-order valence-corrected chi connectivity index (χ0v) is 9.69. The van der Waals surface area contributed by atoms with Crippen LogP contribution in [0.3, 0.4) is 0 Å². The largest absolute Gasteiger partial charge is 0.0853 e. The molecule has 0 N–H and O–H groups in total. The van der Waals surface area contributed by atoms with E-state index in [-0.39, 0.29) is 0 Å². The van der Waals surface area contributed by atoms with E-state index >= 15 is 0 Å². The summed E-state index contributed by atoms with van der Waals surface area (Å²) in [4.78, 5) is 0. The molecule has 0 amide bonds. The highest BCUT2D eigenvalue weighted by atomic mass is 14.4. The zero-order chi connectivity index (χ0) is 9.90. The lowest BCUT2D eigenvalue weighted by Gasteiger charge is -2.39. The highest BCUT2D eigenvalue weighted by molar-refractivity contribution is 4.98. The summed E-state index contributed by atoms with van der Waals surface area (Å²) in [6.07, 6.45) is 9.46. The minimum atomic E-state index is 0.593. The standard InChI is InChI=1S/C13H24/c1-11(2)8-10-13(4)9-6-5-7-12(13)3/h8,12H,5-7,9-10H2,1-4H3. The molecule has 0 spiro atoms. The molecule has 1 aliphatic rings. The first kappa shape index (κ1) is 10.8. The molecule has 0 aromatic rings. The van der Waals surface area contributed by atoms with Crippen LogP contribution in [-0.2, 0) is 0 Å². The minimum Gasteiger partial charge on any atom is -0.0853 e. The Kier molecular flexibility index (Phi) is 3.58. The van der Waals surface area contributed by atoms with Crippen LogP contribution in [0.15, 0.2) is 11.6 Å². The Morgan fingerprint density at radius 1 is 1.38 bits per heavy atom. The molecule has 0 nitrogen and oxygen atoms in total. The molecule has 1 rings (SSSR count). The highest BCUT2D eigenvalue weighted by Gasteiger charge is 2.32. The second kappa shape index (κ2) is 4.30. The molecular weight excluding hydrogens is 156 g/mol. The molecule has 0 radical (unpaired) electrons. The van der Waals surface area contributed by atoms with Crippen molar-refractivity contribution in [1.82, 2.24) is 0 Å². The Hall–Kier alpha value is -0.260. The zero-order valence-electron chi connectivity index (χ0n) is 9.69. The molecule has 1 fully saturated rings. The van der Waals surface area contributed by atoms with Gasteiger partial charge in [-0.1, -0.05) is 44.8 Å². The van der Waals surface area contributed by atoms with Gasteiger partial charge in [-0.15, -0.1) is 0 Å². The Bertz CT molecular complexity index is 186. The molecule has 13 heavy (non-hydrogen) atoms. The Morgan fingerprint density at radius 3 is 2.62 bits per heavy atom. The Labute approximate surface area is 83.4 Å². The van der Waals surface area contributed by atoms with Gasteiger partial charge in [0.2, 0.25) is 0 Å². The van der Waals surface area contributed by atoms with E-state index in [9.17, 15) is 0 Å². The molecule has 1 saturated carbocycles. The summed E-state index contributed by atoms with van der Waals surface area (Å²) in [6.45, 7) is 9.31.